The number of allylic oxidation sites excluding steroid dienone is 18. The lowest BCUT2D eigenvalue weighted by Gasteiger charge is -2.18. The van der Waals surface area contributed by atoms with Crippen LogP contribution < -0.4 is 0 Å². The fourth-order valence-corrected chi connectivity index (χ4v) is 8.00. The van der Waals surface area contributed by atoms with Gasteiger partial charge in [0.15, 0.2) is 6.10 Å². The number of hydrogen-bond acceptors (Lipinski definition) is 5. The zero-order chi connectivity index (χ0) is 50.6. The van der Waals surface area contributed by atoms with E-state index in [0.717, 1.165) is 116 Å². The summed E-state index contributed by atoms with van der Waals surface area (Å²) in [4.78, 5) is 25.5. The van der Waals surface area contributed by atoms with E-state index in [1.165, 1.54) is 116 Å². The maximum atomic E-state index is 12.8. The zero-order valence-corrected chi connectivity index (χ0v) is 46.0. The van der Waals surface area contributed by atoms with Crippen molar-refractivity contribution in [2.75, 3.05) is 19.8 Å². The summed E-state index contributed by atoms with van der Waals surface area (Å²) < 4.78 is 17.4. The van der Waals surface area contributed by atoms with Gasteiger partial charge in [-0.25, -0.2) is 0 Å². The highest BCUT2D eigenvalue weighted by Crippen LogP contribution is 2.16. The molecule has 0 saturated heterocycles. The Labute approximate surface area is 434 Å². The standard InChI is InChI=1S/C65H110O5/c1-4-7-10-13-16-19-22-25-28-30-32-34-36-39-42-45-48-51-54-57-60-68-61-63(70-65(67)59-56-53-50-47-44-41-37-27-24-21-18-15-12-9-6-3)62-69-64(66)58-55-52-49-46-43-40-38-35-33-31-29-26-23-20-17-14-11-8-5-2/h8-9,11-12,17-18,20-21,26-27,29,33,35,37,40,43-44,47,63H,4-7,10,13-16,19,22-25,28,30-32,34,36,38-39,41-42,45-46,48-62H2,1-3H3/b11-8-,12-9-,20-17-,21-18-,29-26-,35-33-,37-27-,43-40-,47-44-. The van der Waals surface area contributed by atoms with E-state index in [9.17, 15) is 9.59 Å². The molecule has 0 fully saturated rings. The van der Waals surface area contributed by atoms with Crippen LogP contribution in [0.5, 0.6) is 0 Å². The molecule has 0 spiro atoms. The first-order valence-corrected chi connectivity index (χ1v) is 29.4. The Kier molecular flexibility index (Phi) is 56.9. The first kappa shape index (κ1) is 66.6. The third-order valence-corrected chi connectivity index (χ3v) is 12.3. The van der Waals surface area contributed by atoms with Crippen LogP contribution in [0, 0.1) is 0 Å². The summed E-state index contributed by atoms with van der Waals surface area (Å²) in [6.07, 6.45) is 82.7. The molecule has 0 aromatic heterocycles. The number of carbonyl (C=O) groups excluding carboxylic acids is 2. The first-order valence-electron chi connectivity index (χ1n) is 29.4. The van der Waals surface area contributed by atoms with Gasteiger partial charge >= 0.3 is 11.9 Å². The highest BCUT2D eigenvalue weighted by Gasteiger charge is 2.17. The summed E-state index contributed by atoms with van der Waals surface area (Å²) in [5.74, 6) is -0.480. The zero-order valence-electron chi connectivity index (χ0n) is 46.0. The lowest BCUT2D eigenvalue weighted by molar-refractivity contribution is -0.163. The smallest absolute Gasteiger partial charge is 0.306 e. The molecule has 0 aliphatic carbocycles. The predicted octanol–water partition coefficient (Wildman–Crippen LogP) is 20.3. The van der Waals surface area contributed by atoms with Gasteiger partial charge in [0.05, 0.1) is 6.61 Å². The maximum Gasteiger partial charge on any atom is 0.306 e. The largest absolute Gasteiger partial charge is 0.462 e. The molecule has 5 nitrogen and oxygen atoms in total. The quantitative estimate of drug-likeness (QED) is 0.0345. The Hall–Kier alpha value is -3.44. The van der Waals surface area contributed by atoms with Crippen LogP contribution in [0.3, 0.4) is 0 Å². The molecule has 400 valence electrons. The minimum Gasteiger partial charge on any atom is -0.462 e. The lowest BCUT2D eigenvalue weighted by atomic mass is 10.0. The Balaban J connectivity index is 4.36. The minimum absolute atomic E-state index is 0.0474. The molecule has 1 unspecified atom stereocenters. The fourth-order valence-electron chi connectivity index (χ4n) is 8.00. The van der Waals surface area contributed by atoms with Crippen molar-refractivity contribution >= 4 is 11.9 Å². The van der Waals surface area contributed by atoms with E-state index in [4.69, 9.17) is 14.2 Å². The van der Waals surface area contributed by atoms with Gasteiger partial charge in [-0.2, -0.15) is 0 Å². The molecule has 0 N–H and O–H groups in total. The highest BCUT2D eigenvalue weighted by atomic mass is 16.6. The summed E-state index contributed by atoms with van der Waals surface area (Å²) in [5.41, 5.74) is 0. The number of unbranched alkanes of at least 4 members (excludes halogenated alkanes) is 24. The monoisotopic (exact) mass is 971 g/mol. The molecule has 0 aliphatic rings. The summed E-state index contributed by atoms with van der Waals surface area (Å²) in [7, 11) is 0. The summed E-state index contributed by atoms with van der Waals surface area (Å²) in [5, 5.41) is 0. The topological polar surface area (TPSA) is 61.8 Å². The van der Waals surface area contributed by atoms with Crippen LogP contribution in [0.2, 0.25) is 0 Å². The SMILES string of the molecule is CC/C=C\C/C=C\C/C=C\C/C=C\C/C=C\CCCCCC(=O)OCC(COCCCCCCCCCCCCCCCCCCCCCC)OC(=O)CCCC/C=C\C/C=C\C/C=C\C/C=C\CC. The molecule has 1 atom stereocenters. The van der Waals surface area contributed by atoms with Gasteiger partial charge < -0.3 is 14.2 Å². The van der Waals surface area contributed by atoms with Gasteiger partial charge in [-0.3, -0.25) is 9.59 Å². The summed E-state index contributed by atoms with van der Waals surface area (Å²) in [6.45, 7) is 7.54. The average molecular weight is 972 g/mol. The molecule has 0 heterocycles. The predicted molar refractivity (Wildman–Crippen MR) is 306 cm³/mol. The normalized spacial score (nSPS) is 13.0. The van der Waals surface area contributed by atoms with Gasteiger partial charge in [-0.15, -0.1) is 0 Å². The van der Waals surface area contributed by atoms with Crippen LogP contribution in [-0.4, -0.2) is 37.9 Å². The van der Waals surface area contributed by atoms with Gasteiger partial charge in [-0.05, 0) is 103 Å². The summed E-state index contributed by atoms with van der Waals surface area (Å²) in [6, 6.07) is 0. The van der Waals surface area contributed by atoms with Crippen LogP contribution in [0.25, 0.3) is 0 Å². The van der Waals surface area contributed by atoms with Gasteiger partial charge in [0.25, 0.3) is 0 Å². The van der Waals surface area contributed by atoms with E-state index in [2.05, 4.69) is 130 Å². The van der Waals surface area contributed by atoms with Crippen molar-refractivity contribution in [1.82, 2.24) is 0 Å². The number of ether oxygens (including phenoxy) is 3. The van der Waals surface area contributed by atoms with Gasteiger partial charge in [0, 0.05) is 19.4 Å². The van der Waals surface area contributed by atoms with E-state index in [0.29, 0.717) is 19.4 Å². The van der Waals surface area contributed by atoms with Gasteiger partial charge in [0.2, 0.25) is 0 Å². The molecule has 0 aromatic rings. The van der Waals surface area contributed by atoms with Gasteiger partial charge in [-0.1, -0.05) is 259 Å². The van der Waals surface area contributed by atoms with Crippen LogP contribution >= 0.6 is 0 Å². The molecular weight excluding hydrogens is 861 g/mol. The molecule has 0 rings (SSSR count). The third kappa shape index (κ3) is 57.1. The van der Waals surface area contributed by atoms with Crippen LogP contribution in [0.15, 0.2) is 109 Å². The van der Waals surface area contributed by atoms with Crippen molar-refractivity contribution in [3.63, 3.8) is 0 Å². The molecular formula is C65H110O5. The van der Waals surface area contributed by atoms with Crippen molar-refractivity contribution in [1.29, 1.82) is 0 Å². The second kappa shape index (κ2) is 59.9. The molecule has 0 bridgehead atoms. The van der Waals surface area contributed by atoms with Crippen molar-refractivity contribution in [3.8, 4) is 0 Å². The molecule has 70 heavy (non-hydrogen) atoms. The molecule has 0 amide bonds. The van der Waals surface area contributed by atoms with Gasteiger partial charge in [0.1, 0.15) is 6.61 Å². The second-order valence-electron chi connectivity index (χ2n) is 19.1. The third-order valence-electron chi connectivity index (χ3n) is 12.3. The van der Waals surface area contributed by atoms with E-state index in [-0.39, 0.29) is 25.2 Å². The number of esters is 2. The number of hydrogen-bond donors (Lipinski definition) is 0. The second-order valence-corrected chi connectivity index (χ2v) is 19.1. The van der Waals surface area contributed by atoms with Crippen molar-refractivity contribution in [3.05, 3.63) is 109 Å². The molecule has 0 aromatic carbocycles. The Morgan fingerprint density at radius 2 is 0.643 bits per heavy atom. The Morgan fingerprint density at radius 3 is 1.04 bits per heavy atom. The van der Waals surface area contributed by atoms with E-state index in [1.807, 2.05) is 0 Å². The van der Waals surface area contributed by atoms with Crippen molar-refractivity contribution < 1.29 is 23.8 Å². The fraction of sp³-hybridized carbons (Fsp3) is 0.692. The summed E-state index contributed by atoms with van der Waals surface area (Å²) >= 11 is 0. The first-order chi connectivity index (χ1) is 34.6. The minimum atomic E-state index is -0.578. The number of rotatable bonds is 53. The Morgan fingerprint density at radius 1 is 0.329 bits per heavy atom. The molecule has 0 aliphatic heterocycles. The number of carbonyl (C=O) groups is 2. The Bertz CT molecular complexity index is 1380. The molecule has 0 radical (unpaired) electrons. The van der Waals surface area contributed by atoms with Crippen LogP contribution in [0.4, 0.5) is 0 Å². The van der Waals surface area contributed by atoms with Crippen LogP contribution in [-0.2, 0) is 23.8 Å². The van der Waals surface area contributed by atoms with E-state index < -0.39 is 6.10 Å². The van der Waals surface area contributed by atoms with E-state index >= 15 is 0 Å². The molecule has 5 heteroatoms. The van der Waals surface area contributed by atoms with Crippen LogP contribution in [0.1, 0.15) is 265 Å². The molecule has 0 saturated carbocycles. The highest BCUT2D eigenvalue weighted by molar-refractivity contribution is 5.70. The lowest BCUT2D eigenvalue weighted by Crippen LogP contribution is -2.30. The van der Waals surface area contributed by atoms with E-state index in [1.54, 1.807) is 0 Å². The average Bonchev–Trinajstić information content (AvgIpc) is 3.36. The van der Waals surface area contributed by atoms with Crippen molar-refractivity contribution in [2.45, 2.75) is 271 Å². The maximum absolute atomic E-state index is 12.8. The van der Waals surface area contributed by atoms with Crippen molar-refractivity contribution in [2.24, 2.45) is 0 Å².